The molecule has 3 nitrogen and oxygen atoms in total. The Kier molecular flexibility index (Phi) is 2.04. The highest BCUT2D eigenvalue weighted by molar-refractivity contribution is 6.31. The van der Waals surface area contributed by atoms with Crippen molar-refractivity contribution in [3.63, 3.8) is 0 Å². The summed E-state index contributed by atoms with van der Waals surface area (Å²) in [6.07, 6.45) is 3.96. The van der Waals surface area contributed by atoms with Gasteiger partial charge in [-0.05, 0) is 24.8 Å². The summed E-state index contributed by atoms with van der Waals surface area (Å²) in [5.41, 5.74) is -0.298. The van der Waals surface area contributed by atoms with Crippen molar-refractivity contribution < 1.29 is 5.11 Å². The van der Waals surface area contributed by atoms with Crippen LogP contribution in [0, 0.1) is 5.92 Å². The van der Waals surface area contributed by atoms with Crippen molar-refractivity contribution in [1.82, 2.24) is 4.57 Å². The van der Waals surface area contributed by atoms with E-state index in [2.05, 4.69) is 0 Å². The SMILES string of the molecule is O=c1c(Cl)c(O)ccn1CC1CC1. The van der Waals surface area contributed by atoms with Crippen LogP contribution in [0.25, 0.3) is 0 Å². The highest BCUT2D eigenvalue weighted by atomic mass is 35.5. The van der Waals surface area contributed by atoms with Crippen molar-refractivity contribution in [2.24, 2.45) is 5.92 Å². The van der Waals surface area contributed by atoms with Crippen LogP contribution in [0.1, 0.15) is 12.8 Å². The van der Waals surface area contributed by atoms with Gasteiger partial charge >= 0.3 is 0 Å². The van der Waals surface area contributed by atoms with Gasteiger partial charge in [0.05, 0.1) is 0 Å². The van der Waals surface area contributed by atoms with Crippen LogP contribution in [0.15, 0.2) is 17.1 Å². The molecule has 1 aliphatic carbocycles. The van der Waals surface area contributed by atoms with E-state index in [1.165, 1.54) is 18.9 Å². The molecule has 13 heavy (non-hydrogen) atoms. The number of nitrogens with zero attached hydrogens (tertiary/aromatic N) is 1. The molecule has 2 rings (SSSR count). The Bertz CT molecular complexity index is 382. The summed E-state index contributed by atoms with van der Waals surface area (Å²) >= 11 is 5.60. The molecule has 1 aromatic rings. The fourth-order valence-corrected chi connectivity index (χ4v) is 1.43. The third-order valence-corrected chi connectivity index (χ3v) is 2.59. The zero-order chi connectivity index (χ0) is 9.42. The van der Waals surface area contributed by atoms with E-state index in [-0.39, 0.29) is 16.3 Å². The molecule has 4 heteroatoms. The summed E-state index contributed by atoms with van der Waals surface area (Å²) < 4.78 is 1.56. The molecule has 0 aromatic carbocycles. The third kappa shape index (κ3) is 1.70. The number of halogens is 1. The molecular weight excluding hydrogens is 190 g/mol. The Hall–Kier alpha value is -0.960. The molecule has 0 amide bonds. The van der Waals surface area contributed by atoms with Crippen LogP contribution in [0.3, 0.4) is 0 Å². The summed E-state index contributed by atoms with van der Waals surface area (Å²) in [4.78, 5) is 11.4. The molecule has 0 aliphatic heterocycles. The summed E-state index contributed by atoms with van der Waals surface area (Å²) in [6, 6.07) is 1.45. The Labute approximate surface area is 80.6 Å². The van der Waals surface area contributed by atoms with Crippen LogP contribution in [-0.2, 0) is 6.54 Å². The molecule has 0 radical (unpaired) electrons. The second-order valence-corrected chi connectivity index (χ2v) is 3.79. The first kappa shape index (κ1) is 8.63. The number of pyridine rings is 1. The minimum atomic E-state index is -0.298. The van der Waals surface area contributed by atoms with Crippen LogP contribution in [0.2, 0.25) is 5.02 Å². The van der Waals surface area contributed by atoms with Gasteiger partial charge in [-0.1, -0.05) is 11.6 Å². The van der Waals surface area contributed by atoms with E-state index >= 15 is 0 Å². The average molecular weight is 200 g/mol. The van der Waals surface area contributed by atoms with Gasteiger partial charge in [0.2, 0.25) is 0 Å². The van der Waals surface area contributed by atoms with Gasteiger partial charge in [0.15, 0.2) is 0 Å². The van der Waals surface area contributed by atoms with E-state index in [1.807, 2.05) is 0 Å². The highest BCUT2D eigenvalue weighted by Gasteiger charge is 2.22. The number of rotatable bonds is 2. The topological polar surface area (TPSA) is 42.2 Å². The molecule has 0 atom stereocenters. The van der Waals surface area contributed by atoms with Crippen molar-refractivity contribution in [2.45, 2.75) is 19.4 Å². The van der Waals surface area contributed by atoms with Gasteiger partial charge < -0.3 is 9.67 Å². The van der Waals surface area contributed by atoms with Gasteiger partial charge in [-0.2, -0.15) is 0 Å². The van der Waals surface area contributed by atoms with Crippen LogP contribution in [0.4, 0.5) is 0 Å². The zero-order valence-electron chi connectivity index (χ0n) is 7.03. The fraction of sp³-hybridized carbons (Fsp3) is 0.444. The first-order valence-corrected chi connectivity index (χ1v) is 4.64. The molecule has 1 heterocycles. The van der Waals surface area contributed by atoms with E-state index in [1.54, 1.807) is 10.8 Å². The fourth-order valence-electron chi connectivity index (χ4n) is 1.26. The molecule has 0 unspecified atom stereocenters. The van der Waals surface area contributed by atoms with E-state index in [4.69, 9.17) is 16.7 Å². The third-order valence-electron chi connectivity index (χ3n) is 2.24. The molecule has 0 spiro atoms. The van der Waals surface area contributed by atoms with E-state index < -0.39 is 0 Å². The van der Waals surface area contributed by atoms with Crippen molar-refractivity contribution in [3.05, 3.63) is 27.6 Å². The van der Waals surface area contributed by atoms with Gasteiger partial charge in [0, 0.05) is 12.7 Å². The van der Waals surface area contributed by atoms with E-state index in [0.29, 0.717) is 5.92 Å². The van der Waals surface area contributed by atoms with Gasteiger partial charge in [-0.15, -0.1) is 0 Å². The smallest absolute Gasteiger partial charge is 0.273 e. The largest absolute Gasteiger partial charge is 0.506 e. The lowest BCUT2D eigenvalue weighted by Crippen LogP contribution is -2.20. The Morgan fingerprint density at radius 2 is 2.31 bits per heavy atom. The first-order chi connectivity index (χ1) is 6.18. The van der Waals surface area contributed by atoms with Crippen molar-refractivity contribution in [3.8, 4) is 5.75 Å². The second-order valence-electron chi connectivity index (χ2n) is 3.42. The lowest BCUT2D eigenvalue weighted by molar-refractivity contribution is 0.469. The summed E-state index contributed by atoms with van der Waals surface area (Å²) in [6.45, 7) is 0.721. The lowest BCUT2D eigenvalue weighted by atomic mass is 10.4. The molecule has 1 aliphatic rings. The van der Waals surface area contributed by atoms with Crippen LogP contribution < -0.4 is 5.56 Å². The van der Waals surface area contributed by atoms with Gasteiger partial charge in [-0.25, -0.2) is 0 Å². The first-order valence-electron chi connectivity index (χ1n) is 4.26. The van der Waals surface area contributed by atoms with E-state index in [0.717, 1.165) is 6.54 Å². The molecule has 1 aromatic heterocycles. The maximum atomic E-state index is 11.4. The summed E-state index contributed by atoms with van der Waals surface area (Å²) in [7, 11) is 0. The van der Waals surface area contributed by atoms with Crippen LogP contribution >= 0.6 is 11.6 Å². The maximum Gasteiger partial charge on any atom is 0.273 e. The highest BCUT2D eigenvalue weighted by Crippen LogP contribution is 2.30. The predicted molar refractivity (Wildman–Crippen MR) is 50.1 cm³/mol. The van der Waals surface area contributed by atoms with Gasteiger partial charge in [0.25, 0.3) is 5.56 Å². The Morgan fingerprint density at radius 3 is 2.92 bits per heavy atom. The van der Waals surface area contributed by atoms with E-state index in [9.17, 15) is 4.79 Å². The van der Waals surface area contributed by atoms with Gasteiger partial charge in [-0.3, -0.25) is 4.79 Å². The predicted octanol–water partition coefficient (Wildman–Crippen LogP) is 1.62. The summed E-state index contributed by atoms with van der Waals surface area (Å²) in [5, 5.41) is 9.05. The number of hydrogen-bond donors (Lipinski definition) is 1. The molecular formula is C9H10ClNO2. The normalized spacial score (nSPS) is 16.1. The molecule has 0 bridgehead atoms. The second kappa shape index (κ2) is 3.07. The molecule has 70 valence electrons. The van der Waals surface area contributed by atoms with Gasteiger partial charge in [0.1, 0.15) is 10.8 Å². The number of aromatic nitrogens is 1. The minimum Gasteiger partial charge on any atom is -0.506 e. The van der Waals surface area contributed by atoms with Crippen molar-refractivity contribution in [1.29, 1.82) is 0 Å². The molecule has 1 N–H and O–H groups in total. The molecule has 1 fully saturated rings. The van der Waals surface area contributed by atoms with Crippen molar-refractivity contribution in [2.75, 3.05) is 0 Å². The maximum absolute atomic E-state index is 11.4. The number of hydrogen-bond acceptors (Lipinski definition) is 2. The summed E-state index contributed by atoms with van der Waals surface area (Å²) in [5.74, 6) is 0.483. The minimum absolute atomic E-state index is 0.0804. The average Bonchev–Trinajstić information content (AvgIpc) is 2.90. The van der Waals surface area contributed by atoms with Crippen LogP contribution in [-0.4, -0.2) is 9.67 Å². The zero-order valence-corrected chi connectivity index (χ0v) is 7.79. The quantitative estimate of drug-likeness (QED) is 0.787. The Balaban J connectivity index is 2.35. The molecule has 1 saturated carbocycles. The lowest BCUT2D eigenvalue weighted by Gasteiger charge is -2.04. The molecule has 0 saturated heterocycles. The monoisotopic (exact) mass is 199 g/mol. The standard InChI is InChI=1S/C9H10ClNO2/c10-8-7(12)3-4-11(9(8)13)5-6-1-2-6/h3-4,6,12H,1-2,5H2. The number of aromatic hydroxyl groups is 1. The Morgan fingerprint density at radius 1 is 1.62 bits per heavy atom. The van der Waals surface area contributed by atoms with Crippen LogP contribution in [0.5, 0.6) is 5.75 Å². The van der Waals surface area contributed by atoms with Crippen molar-refractivity contribution >= 4 is 11.6 Å².